The number of amides is 1. The minimum absolute atomic E-state index is 0.240. The number of carbonyl (C=O) groups is 1. The summed E-state index contributed by atoms with van der Waals surface area (Å²) < 4.78 is 23.1. The van der Waals surface area contributed by atoms with Gasteiger partial charge in [-0.1, -0.05) is 56.5 Å². The largest absolute Gasteiger partial charge is 0.390 e. The number of hydrogen-bond donors (Lipinski definition) is 6. The summed E-state index contributed by atoms with van der Waals surface area (Å²) in [6.07, 6.45) is 4.41. The molecule has 0 aromatic heterocycles. The van der Waals surface area contributed by atoms with Crippen molar-refractivity contribution in [1.82, 2.24) is 10.6 Å². The summed E-state index contributed by atoms with van der Waals surface area (Å²) in [6.45, 7) is 10.0. The molecule has 0 saturated carbocycles. The van der Waals surface area contributed by atoms with E-state index >= 15 is 0 Å². The number of aliphatic hydroxyl groups is 1. The second kappa shape index (κ2) is 16.0. The van der Waals surface area contributed by atoms with Gasteiger partial charge in [-0.3, -0.25) is 18.2 Å². The average molecular weight is 609 g/mol. The van der Waals surface area contributed by atoms with E-state index in [0.717, 1.165) is 36.9 Å². The van der Waals surface area contributed by atoms with Crippen LogP contribution >= 0.6 is 22.4 Å². The van der Waals surface area contributed by atoms with Gasteiger partial charge in [0.15, 0.2) is 0 Å². The molecule has 1 amide bonds. The lowest BCUT2D eigenvalue weighted by molar-refractivity contribution is 0.0825. The summed E-state index contributed by atoms with van der Waals surface area (Å²) in [5.41, 5.74) is 2.53. The number of nitrogens with zero attached hydrogens (tertiary/aromatic N) is 1. The normalized spacial score (nSPS) is 18.0. The number of rotatable bonds is 15. The Hall–Kier alpha value is -2.01. The molecule has 3 rings (SSSR count). The van der Waals surface area contributed by atoms with Crippen molar-refractivity contribution in [3.05, 3.63) is 58.6 Å². The van der Waals surface area contributed by atoms with Crippen molar-refractivity contribution >= 4 is 39.7 Å². The minimum Gasteiger partial charge on any atom is -0.390 e. The molecule has 1 saturated heterocycles. The van der Waals surface area contributed by atoms with Crippen LogP contribution in [0.5, 0.6) is 0 Å². The van der Waals surface area contributed by atoms with Crippen molar-refractivity contribution in [2.24, 2.45) is 5.92 Å². The van der Waals surface area contributed by atoms with Crippen LogP contribution in [0.3, 0.4) is 0 Å². The van der Waals surface area contributed by atoms with Crippen LogP contribution in [-0.4, -0.2) is 63.7 Å². The highest BCUT2D eigenvalue weighted by Gasteiger charge is 2.29. The zero-order valence-electron chi connectivity index (χ0n) is 24.9. The second-order valence-corrected chi connectivity index (χ2v) is 14.0. The maximum absolute atomic E-state index is 13.7. The highest BCUT2D eigenvalue weighted by molar-refractivity contribution is 8.25. The third kappa shape index (κ3) is 10.3. The zero-order valence-corrected chi connectivity index (χ0v) is 26.5. The summed E-state index contributed by atoms with van der Waals surface area (Å²) in [7, 11) is -2.95. The van der Waals surface area contributed by atoms with Crippen LogP contribution < -0.4 is 20.3 Å². The molecule has 0 bridgehead atoms. The lowest BCUT2D eigenvalue weighted by Gasteiger charge is -2.47. The molecule has 2 aromatic rings. The first kappa shape index (κ1) is 33.5. The fraction of sp³-hybridized carbons (Fsp3) is 0.581. The number of halogens is 1. The van der Waals surface area contributed by atoms with Gasteiger partial charge >= 0.3 is 0 Å². The van der Waals surface area contributed by atoms with Gasteiger partial charge in [0.1, 0.15) is 0 Å². The fourth-order valence-electron chi connectivity index (χ4n) is 5.13. The summed E-state index contributed by atoms with van der Waals surface area (Å²) in [6, 6.07) is 12.4. The van der Waals surface area contributed by atoms with E-state index in [-0.39, 0.29) is 11.9 Å². The Bertz CT molecular complexity index is 1120. The van der Waals surface area contributed by atoms with E-state index in [1.54, 1.807) is 22.5 Å². The van der Waals surface area contributed by atoms with Crippen LogP contribution in [0.25, 0.3) is 0 Å². The molecule has 3 atom stereocenters. The first-order valence-electron chi connectivity index (χ1n) is 14.9. The molecule has 0 aliphatic carbocycles. The first-order chi connectivity index (χ1) is 19.5. The van der Waals surface area contributed by atoms with Gasteiger partial charge in [-0.05, 0) is 75.3 Å². The van der Waals surface area contributed by atoms with Crippen LogP contribution in [0.1, 0.15) is 75.7 Å². The van der Waals surface area contributed by atoms with Gasteiger partial charge in [-0.25, -0.2) is 0 Å². The highest BCUT2D eigenvalue weighted by Crippen LogP contribution is 2.50. The Balaban J connectivity index is 1.81. The van der Waals surface area contributed by atoms with Gasteiger partial charge in [0.2, 0.25) is 0 Å². The maximum Gasteiger partial charge on any atom is 0.251 e. The van der Waals surface area contributed by atoms with Gasteiger partial charge < -0.3 is 21.1 Å². The van der Waals surface area contributed by atoms with E-state index in [1.165, 1.54) is 6.42 Å². The van der Waals surface area contributed by atoms with Gasteiger partial charge in [0.25, 0.3) is 5.91 Å². The Morgan fingerprint density at radius 3 is 2.54 bits per heavy atom. The third-order valence-electron chi connectivity index (χ3n) is 7.50. The van der Waals surface area contributed by atoms with Crippen molar-refractivity contribution < 1.29 is 19.0 Å². The standard InChI is InChI=1S/C31H49ClN4O4S/c1-5-33-26-17-25(18-27(20-26)36-15-8-9-16-41(36,39)40)31(38)35-29(19-24-13-6-7-14-28(24)32)30(37)21-34-23(4)12-10-11-22(2)3/h6-7,13-14,17-18,20,22-23,29-30,33-34,37,39-40H,5,8-12,15-16,19,21H2,1-4H3,(H,35,38)/t23?,29-,30-/m0/s1. The molecule has 10 heteroatoms. The van der Waals surface area contributed by atoms with E-state index in [2.05, 4.69) is 36.7 Å². The van der Waals surface area contributed by atoms with E-state index in [1.807, 2.05) is 31.2 Å². The number of anilines is 2. The molecular formula is C31H49ClN4O4S. The van der Waals surface area contributed by atoms with Crippen LogP contribution in [0.4, 0.5) is 11.4 Å². The Morgan fingerprint density at radius 2 is 1.85 bits per heavy atom. The molecule has 1 unspecified atom stereocenters. The number of hydrogen-bond acceptors (Lipinski definition) is 7. The summed E-state index contributed by atoms with van der Waals surface area (Å²) >= 11 is 6.46. The molecule has 1 heterocycles. The van der Waals surface area contributed by atoms with E-state index in [4.69, 9.17) is 11.6 Å². The van der Waals surface area contributed by atoms with Crippen molar-refractivity contribution in [3.63, 3.8) is 0 Å². The van der Waals surface area contributed by atoms with Crippen molar-refractivity contribution in [1.29, 1.82) is 0 Å². The molecule has 6 N–H and O–H groups in total. The van der Waals surface area contributed by atoms with Gasteiger partial charge in [0, 0.05) is 41.9 Å². The number of aliphatic hydroxyl groups excluding tert-OH is 1. The smallest absolute Gasteiger partial charge is 0.251 e. The Morgan fingerprint density at radius 1 is 1.10 bits per heavy atom. The second-order valence-electron chi connectivity index (χ2n) is 11.5. The molecule has 0 radical (unpaired) electrons. The van der Waals surface area contributed by atoms with Crippen molar-refractivity contribution in [3.8, 4) is 0 Å². The Labute approximate surface area is 252 Å². The zero-order chi connectivity index (χ0) is 30.0. The molecule has 8 nitrogen and oxygen atoms in total. The fourth-order valence-corrected chi connectivity index (χ4v) is 7.02. The quantitative estimate of drug-likeness (QED) is 0.136. The lowest BCUT2D eigenvalue weighted by Crippen LogP contribution is -2.49. The van der Waals surface area contributed by atoms with E-state index < -0.39 is 22.9 Å². The number of benzene rings is 2. The van der Waals surface area contributed by atoms with Crippen LogP contribution in [-0.2, 0) is 6.42 Å². The highest BCUT2D eigenvalue weighted by atomic mass is 35.5. The van der Waals surface area contributed by atoms with Crippen LogP contribution in [0.2, 0.25) is 5.02 Å². The average Bonchev–Trinajstić information content (AvgIpc) is 2.92. The molecule has 1 fully saturated rings. The lowest BCUT2D eigenvalue weighted by atomic mass is 9.99. The van der Waals surface area contributed by atoms with Gasteiger partial charge in [0.05, 0.1) is 23.6 Å². The monoisotopic (exact) mass is 608 g/mol. The molecule has 41 heavy (non-hydrogen) atoms. The van der Waals surface area contributed by atoms with E-state index in [9.17, 15) is 19.0 Å². The molecule has 1 aliphatic heterocycles. The molecule has 1 aliphatic rings. The van der Waals surface area contributed by atoms with Gasteiger partial charge in [-0.15, -0.1) is 10.8 Å². The molecule has 2 aromatic carbocycles. The minimum atomic E-state index is -2.95. The SMILES string of the molecule is CCNc1cc(C(=O)N[C@@H](Cc2ccccc2Cl)[C@@H](O)CNC(C)CCCC(C)C)cc(N2CCCCS2(O)O)c1. The molecular weight excluding hydrogens is 560 g/mol. The summed E-state index contributed by atoms with van der Waals surface area (Å²) in [4.78, 5) is 13.7. The maximum atomic E-state index is 13.7. The van der Waals surface area contributed by atoms with Crippen LogP contribution in [0.15, 0.2) is 42.5 Å². The van der Waals surface area contributed by atoms with E-state index in [0.29, 0.717) is 54.0 Å². The summed E-state index contributed by atoms with van der Waals surface area (Å²) in [5, 5.41) is 21.6. The van der Waals surface area contributed by atoms with Crippen molar-refractivity contribution in [2.45, 2.75) is 84.4 Å². The third-order valence-corrected chi connectivity index (χ3v) is 9.81. The summed E-state index contributed by atoms with van der Waals surface area (Å²) in [5.74, 6) is 0.632. The predicted octanol–water partition coefficient (Wildman–Crippen LogP) is 6.54. The van der Waals surface area contributed by atoms with Crippen LogP contribution in [0, 0.1) is 5.92 Å². The van der Waals surface area contributed by atoms with Crippen molar-refractivity contribution in [2.75, 3.05) is 35.0 Å². The Kier molecular flexibility index (Phi) is 13.1. The predicted molar refractivity (Wildman–Crippen MR) is 173 cm³/mol. The first-order valence-corrected chi connectivity index (χ1v) is 16.9. The topological polar surface area (TPSA) is 117 Å². The molecule has 0 spiro atoms. The number of carbonyl (C=O) groups excluding carboxylic acids is 1. The number of nitrogens with one attached hydrogen (secondary N) is 3. The molecule has 230 valence electrons. The van der Waals surface area contributed by atoms with Gasteiger partial charge in [-0.2, -0.15) is 0 Å².